The molecule has 1 N–H and O–H groups in total. The van der Waals surface area contributed by atoms with Crippen molar-refractivity contribution in [3.05, 3.63) is 29.3 Å². The molecule has 2 heterocycles. The van der Waals surface area contributed by atoms with Gasteiger partial charge in [0.15, 0.2) is 0 Å². The molecule has 24 heavy (non-hydrogen) atoms. The molecule has 1 aromatic carbocycles. The summed E-state index contributed by atoms with van der Waals surface area (Å²) < 4.78 is 5.22. The molecule has 0 atom stereocenters. The minimum Gasteiger partial charge on any atom is -0.378 e. The summed E-state index contributed by atoms with van der Waals surface area (Å²) in [5.74, 6) is -0.626. The number of anilines is 1. The first-order valence-corrected chi connectivity index (χ1v) is 7.95. The number of fused-ring (bicyclic) bond motifs is 1. The molecule has 0 unspecified atom stereocenters. The van der Waals surface area contributed by atoms with Crippen LogP contribution in [-0.4, -0.2) is 59.5 Å². The SMILES string of the molecule is CC(C)(C)N1C(=O)c2ccc(NC(=O)N3CCOCC3)cc2C1=O. The van der Waals surface area contributed by atoms with Crippen LogP contribution in [0.1, 0.15) is 41.5 Å². The van der Waals surface area contributed by atoms with Gasteiger partial charge in [-0.15, -0.1) is 0 Å². The second kappa shape index (κ2) is 5.90. The molecule has 0 saturated carbocycles. The number of nitrogens with one attached hydrogen (secondary N) is 1. The van der Waals surface area contributed by atoms with Gasteiger partial charge in [0.25, 0.3) is 11.8 Å². The molecule has 0 aromatic heterocycles. The number of imide groups is 1. The number of hydrogen-bond donors (Lipinski definition) is 1. The third-order valence-electron chi connectivity index (χ3n) is 4.11. The monoisotopic (exact) mass is 331 g/mol. The van der Waals surface area contributed by atoms with E-state index in [4.69, 9.17) is 4.74 Å². The van der Waals surface area contributed by atoms with Crippen molar-refractivity contribution in [3.63, 3.8) is 0 Å². The molecule has 1 saturated heterocycles. The molecular formula is C17H21N3O4. The number of carbonyl (C=O) groups is 3. The standard InChI is InChI=1S/C17H21N3O4/c1-17(2,3)20-14(21)12-5-4-11(10-13(12)15(20)22)18-16(23)19-6-8-24-9-7-19/h4-5,10H,6-9H2,1-3H3,(H,18,23). The van der Waals surface area contributed by atoms with Gasteiger partial charge in [0, 0.05) is 24.3 Å². The number of ether oxygens (including phenoxy) is 1. The average molecular weight is 331 g/mol. The Morgan fingerprint density at radius 2 is 1.71 bits per heavy atom. The lowest BCUT2D eigenvalue weighted by Gasteiger charge is -2.29. The Morgan fingerprint density at radius 1 is 1.08 bits per heavy atom. The third-order valence-corrected chi connectivity index (χ3v) is 4.11. The number of rotatable bonds is 1. The highest BCUT2D eigenvalue weighted by molar-refractivity contribution is 6.22. The summed E-state index contributed by atoms with van der Waals surface area (Å²) in [5.41, 5.74) is 0.612. The van der Waals surface area contributed by atoms with E-state index in [1.165, 1.54) is 4.90 Å². The number of morpholine rings is 1. The first kappa shape index (κ1) is 16.4. The molecule has 4 amide bonds. The number of amides is 4. The third kappa shape index (κ3) is 2.87. The highest BCUT2D eigenvalue weighted by Gasteiger charge is 2.41. The van der Waals surface area contributed by atoms with Crippen molar-refractivity contribution in [1.82, 2.24) is 9.80 Å². The Balaban J connectivity index is 1.81. The normalized spacial score (nSPS) is 18.0. The zero-order chi connectivity index (χ0) is 17.5. The minimum absolute atomic E-state index is 0.234. The number of benzene rings is 1. The fourth-order valence-corrected chi connectivity index (χ4v) is 2.90. The Bertz CT molecular complexity index is 702. The van der Waals surface area contributed by atoms with Crippen LogP contribution in [-0.2, 0) is 4.74 Å². The molecule has 7 nitrogen and oxygen atoms in total. The van der Waals surface area contributed by atoms with Crippen LogP contribution < -0.4 is 5.32 Å². The van der Waals surface area contributed by atoms with E-state index < -0.39 is 5.54 Å². The topological polar surface area (TPSA) is 79.0 Å². The minimum atomic E-state index is -0.593. The first-order valence-electron chi connectivity index (χ1n) is 7.95. The smallest absolute Gasteiger partial charge is 0.321 e. The average Bonchev–Trinajstić information content (AvgIpc) is 2.79. The largest absolute Gasteiger partial charge is 0.378 e. The van der Waals surface area contributed by atoms with E-state index in [2.05, 4.69) is 5.32 Å². The molecule has 7 heteroatoms. The summed E-state index contributed by atoms with van der Waals surface area (Å²) in [4.78, 5) is 40.1. The van der Waals surface area contributed by atoms with Crippen LogP contribution in [0, 0.1) is 0 Å². The lowest BCUT2D eigenvalue weighted by atomic mass is 10.1. The molecule has 0 radical (unpaired) electrons. The van der Waals surface area contributed by atoms with Crippen LogP contribution >= 0.6 is 0 Å². The van der Waals surface area contributed by atoms with Gasteiger partial charge in [-0.1, -0.05) is 0 Å². The van der Waals surface area contributed by atoms with Crippen molar-refractivity contribution in [3.8, 4) is 0 Å². The summed E-state index contributed by atoms with van der Waals surface area (Å²) in [5, 5.41) is 2.78. The van der Waals surface area contributed by atoms with Crippen LogP contribution in [0.3, 0.4) is 0 Å². The number of hydrogen-bond acceptors (Lipinski definition) is 4. The Kier molecular flexibility index (Phi) is 4.04. The highest BCUT2D eigenvalue weighted by Crippen LogP contribution is 2.31. The summed E-state index contributed by atoms with van der Waals surface area (Å²) >= 11 is 0. The zero-order valence-corrected chi connectivity index (χ0v) is 14.1. The molecule has 0 bridgehead atoms. The van der Waals surface area contributed by atoms with Crippen molar-refractivity contribution < 1.29 is 19.1 Å². The Morgan fingerprint density at radius 3 is 2.33 bits per heavy atom. The van der Waals surface area contributed by atoms with Crippen molar-refractivity contribution in [2.45, 2.75) is 26.3 Å². The molecule has 0 spiro atoms. The van der Waals surface area contributed by atoms with Gasteiger partial charge in [-0.05, 0) is 39.0 Å². The van der Waals surface area contributed by atoms with Gasteiger partial charge in [-0.2, -0.15) is 0 Å². The van der Waals surface area contributed by atoms with Crippen molar-refractivity contribution in [1.29, 1.82) is 0 Å². The van der Waals surface area contributed by atoms with Crippen LogP contribution in [0.25, 0.3) is 0 Å². The summed E-state index contributed by atoms with van der Waals surface area (Å²) in [6.07, 6.45) is 0. The fourth-order valence-electron chi connectivity index (χ4n) is 2.90. The Hall–Kier alpha value is -2.41. The lowest BCUT2D eigenvalue weighted by molar-refractivity contribution is 0.0507. The molecule has 1 fully saturated rings. The van der Waals surface area contributed by atoms with Crippen molar-refractivity contribution in [2.24, 2.45) is 0 Å². The van der Waals surface area contributed by atoms with Gasteiger partial charge in [0.05, 0.1) is 24.3 Å². The lowest BCUT2D eigenvalue weighted by Crippen LogP contribution is -2.45. The predicted octanol–water partition coefficient (Wildman–Crippen LogP) is 1.95. The second-order valence-corrected chi connectivity index (χ2v) is 6.91. The maximum atomic E-state index is 12.6. The van der Waals surface area contributed by atoms with Gasteiger partial charge < -0.3 is 15.0 Å². The maximum Gasteiger partial charge on any atom is 0.321 e. The molecule has 0 aliphatic carbocycles. The molecule has 3 rings (SSSR count). The van der Waals surface area contributed by atoms with E-state index in [0.717, 1.165) is 0 Å². The van der Waals surface area contributed by atoms with Crippen LogP contribution in [0.5, 0.6) is 0 Å². The summed E-state index contributed by atoms with van der Waals surface area (Å²) in [7, 11) is 0. The van der Waals surface area contributed by atoms with E-state index in [-0.39, 0.29) is 17.8 Å². The van der Waals surface area contributed by atoms with Crippen LogP contribution in [0.15, 0.2) is 18.2 Å². The Labute approximate surface area is 140 Å². The summed E-state index contributed by atoms with van der Waals surface area (Å²) in [6.45, 7) is 7.55. The number of carbonyl (C=O) groups excluding carboxylic acids is 3. The maximum absolute atomic E-state index is 12.6. The van der Waals surface area contributed by atoms with Gasteiger partial charge in [-0.25, -0.2) is 4.79 Å². The highest BCUT2D eigenvalue weighted by atomic mass is 16.5. The number of urea groups is 1. The molecule has 128 valence electrons. The quantitative estimate of drug-likeness (QED) is 0.798. The molecule has 2 aliphatic rings. The summed E-state index contributed by atoms with van der Waals surface area (Å²) in [6, 6.07) is 4.58. The van der Waals surface area contributed by atoms with Crippen LogP contribution in [0.4, 0.5) is 10.5 Å². The fraction of sp³-hybridized carbons (Fsp3) is 0.471. The van der Waals surface area contributed by atoms with Crippen molar-refractivity contribution in [2.75, 3.05) is 31.6 Å². The van der Waals surface area contributed by atoms with E-state index in [0.29, 0.717) is 43.1 Å². The van der Waals surface area contributed by atoms with E-state index in [1.54, 1.807) is 23.1 Å². The molecule has 1 aromatic rings. The van der Waals surface area contributed by atoms with E-state index in [1.807, 2.05) is 20.8 Å². The van der Waals surface area contributed by atoms with E-state index in [9.17, 15) is 14.4 Å². The number of nitrogens with zero attached hydrogens (tertiary/aromatic N) is 2. The van der Waals surface area contributed by atoms with Gasteiger partial charge in [-0.3, -0.25) is 14.5 Å². The van der Waals surface area contributed by atoms with Gasteiger partial charge >= 0.3 is 6.03 Å². The van der Waals surface area contributed by atoms with Crippen LogP contribution in [0.2, 0.25) is 0 Å². The predicted molar refractivity (Wildman–Crippen MR) is 88.1 cm³/mol. The van der Waals surface area contributed by atoms with E-state index >= 15 is 0 Å². The molecular weight excluding hydrogens is 310 g/mol. The van der Waals surface area contributed by atoms with Crippen molar-refractivity contribution >= 4 is 23.5 Å². The van der Waals surface area contributed by atoms with Gasteiger partial charge in [0.1, 0.15) is 0 Å². The first-order chi connectivity index (χ1) is 11.3. The second-order valence-electron chi connectivity index (χ2n) is 6.91. The molecule has 2 aliphatic heterocycles. The van der Waals surface area contributed by atoms with Gasteiger partial charge in [0.2, 0.25) is 0 Å². The zero-order valence-electron chi connectivity index (χ0n) is 14.1.